The number of likely N-dealkylation sites (tertiary alicyclic amines) is 1. The number of carboxylic acid groups (broad SMARTS) is 1. The Kier molecular flexibility index (Phi) is 5.21. The van der Waals surface area contributed by atoms with Crippen LogP contribution in [-0.4, -0.2) is 25.7 Å². The largest absolute Gasteiger partial charge is 0.546 e. The van der Waals surface area contributed by atoms with E-state index in [0.717, 1.165) is 6.54 Å². The predicted molar refractivity (Wildman–Crippen MR) is 69.8 cm³/mol. The van der Waals surface area contributed by atoms with E-state index in [2.05, 4.69) is 6.07 Å². The van der Waals surface area contributed by atoms with Crippen LogP contribution in [0.2, 0.25) is 0 Å². The van der Waals surface area contributed by atoms with E-state index in [9.17, 15) is 9.90 Å². The van der Waals surface area contributed by atoms with E-state index in [-0.39, 0.29) is 6.61 Å². The van der Waals surface area contributed by atoms with Crippen LogP contribution in [0.5, 0.6) is 5.75 Å². The molecule has 104 valence electrons. The SMILES string of the molecule is O=C([O-])COc1cccc(C[NH+]2CCCCCC2)c1. The minimum atomic E-state index is -1.19. The predicted octanol–water partition coefficient (Wildman–Crippen LogP) is -0.226. The molecule has 4 nitrogen and oxygen atoms in total. The molecule has 0 spiro atoms. The van der Waals surface area contributed by atoms with Crippen molar-refractivity contribution < 1.29 is 19.5 Å². The number of nitrogens with one attached hydrogen (secondary N) is 1. The third-order valence-corrected chi connectivity index (χ3v) is 3.52. The molecule has 1 heterocycles. The molecule has 4 heteroatoms. The van der Waals surface area contributed by atoms with Gasteiger partial charge in [0, 0.05) is 5.56 Å². The van der Waals surface area contributed by atoms with Gasteiger partial charge in [-0.1, -0.05) is 12.1 Å². The zero-order valence-electron chi connectivity index (χ0n) is 11.2. The van der Waals surface area contributed by atoms with E-state index in [4.69, 9.17) is 4.74 Å². The molecule has 1 fully saturated rings. The summed E-state index contributed by atoms with van der Waals surface area (Å²) in [6.07, 6.45) is 5.29. The normalized spacial score (nSPS) is 16.8. The second kappa shape index (κ2) is 7.14. The average molecular weight is 263 g/mol. The fourth-order valence-electron chi connectivity index (χ4n) is 2.58. The molecule has 1 aliphatic rings. The Morgan fingerprint density at radius 3 is 2.63 bits per heavy atom. The van der Waals surface area contributed by atoms with Crippen LogP contribution < -0.4 is 14.7 Å². The van der Waals surface area contributed by atoms with Gasteiger partial charge in [0.25, 0.3) is 0 Å². The fourth-order valence-corrected chi connectivity index (χ4v) is 2.58. The lowest BCUT2D eigenvalue weighted by Gasteiger charge is -2.17. The van der Waals surface area contributed by atoms with Gasteiger partial charge in [-0.3, -0.25) is 0 Å². The molecule has 0 aliphatic carbocycles. The van der Waals surface area contributed by atoms with Gasteiger partial charge in [-0.05, 0) is 37.8 Å². The van der Waals surface area contributed by atoms with Crippen LogP contribution >= 0.6 is 0 Å². The quantitative estimate of drug-likeness (QED) is 0.799. The number of rotatable bonds is 5. The van der Waals surface area contributed by atoms with E-state index in [1.54, 1.807) is 11.0 Å². The van der Waals surface area contributed by atoms with E-state index in [0.29, 0.717) is 5.75 Å². The first kappa shape index (κ1) is 13.9. The summed E-state index contributed by atoms with van der Waals surface area (Å²) in [5.41, 5.74) is 1.20. The Morgan fingerprint density at radius 2 is 1.95 bits per heavy atom. The molecule has 0 bridgehead atoms. The second-order valence-corrected chi connectivity index (χ2v) is 5.15. The van der Waals surface area contributed by atoms with E-state index in [1.165, 1.54) is 44.3 Å². The minimum absolute atomic E-state index is 0.389. The number of carboxylic acids is 1. The number of quaternary nitrogens is 1. The van der Waals surface area contributed by atoms with Crippen LogP contribution in [0.15, 0.2) is 24.3 Å². The Hall–Kier alpha value is -1.55. The minimum Gasteiger partial charge on any atom is -0.546 e. The topological polar surface area (TPSA) is 53.8 Å². The highest BCUT2D eigenvalue weighted by Gasteiger charge is 2.12. The van der Waals surface area contributed by atoms with Gasteiger partial charge < -0.3 is 19.5 Å². The first-order chi connectivity index (χ1) is 9.24. The van der Waals surface area contributed by atoms with Crippen molar-refractivity contribution in [2.75, 3.05) is 19.7 Å². The first-order valence-corrected chi connectivity index (χ1v) is 6.99. The van der Waals surface area contributed by atoms with Crippen molar-refractivity contribution in [3.63, 3.8) is 0 Å². The molecular formula is C15H21NO3. The van der Waals surface area contributed by atoms with Crippen molar-refractivity contribution in [3.8, 4) is 5.75 Å². The monoisotopic (exact) mass is 263 g/mol. The molecular weight excluding hydrogens is 242 g/mol. The molecule has 0 amide bonds. The summed E-state index contributed by atoms with van der Waals surface area (Å²) in [5.74, 6) is -0.584. The van der Waals surface area contributed by atoms with Gasteiger partial charge in [-0.15, -0.1) is 0 Å². The summed E-state index contributed by atoms with van der Waals surface area (Å²) in [5, 5.41) is 10.4. The van der Waals surface area contributed by atoms with Crippen molar-refractivity contribution in [2.45, 2.75) is 32.2 Å². The summed E-state index contributed by atoms with van der Waals surface area (Å²) in [6.45, 7) is 3.05. The van der Waals surface area contributed by atoms with Gasteiger partial charge >= 0.3 is 0 Å². The molecule has 0 unspecified atom stereocenters. The molecule has 1 aromatic rings. The Bertz CT molecular complexity index is 412. The van der Waals surface area contributed by atoms with Gasteiger partial charge in [0.1, 0.15) is 18.9 Å². The smallest absolute Gasteiger partial charge is 0.128 e. The number of benzene rings is 1. The third-order valence-electron chi connectivity index (χ3n) is 3.52. The lowest BCUT2D eigenvalue weighted by atomic mass is 10.2. The number of carbonyl (C=O) groups is 1. The van der Waals surface area contributed by atoms with Crippen LogP contribution in [0.1, 0.15) is 31.2 Å². The zero-order valence-corrected chi connectivity index (χ0v) is 11.2. The Morgan fingerprint density at radius 1 is 1.21 bits per heavy atom. The summed E-state index contributed by atoms with van der Waals surface area (Å²) in [7, 11) is 0. The third kappa shape index (κ3) is 4.91. The first-order valence-electron chi connectivity index (χ1n) is 6.99. The Balaban J connectivity index is 1.91. The highest BCUT2D eigenvalue weighted by atomic mass is 16.5. The summed E-state index contributed by atoms with van der Waals surface area (Å²) >= 11 is 0. The standard InChI is InChI=1S/C15H21NO3/c17-15(18)12-19-14-7-5-6-13(10-14)11-16-8-3-1-2-4-9-16/h5-7,10H,1-4,8-9,11-12H2,(H,17,18). The maximum Gasteiger partial charge on any atom is 0.128 e. The van der Waals surface area contributed by atoms with Crippen LogP contribution in [0.25, 0.3) is 0 Å². The molecule has 0 aromatic heterocycles. The molecule has 2 rings (SSSR count). The van der Waals surface area contributed by atoms with E-state index in [1.807, 2.05) is 12.1 Å². The summed E-state index contributed by atoms with van der Waals surface area (Å²) < 4.78 is 5.15. The van der Waals surface area contributed by atoms with Crippen molar-refractivity contribution in [3.05, 3.63) is 29.8 Å². The summed E-state index contributed by atoms with van der Waals surface area (Å²) in [4.78, 5) is 12.0. The van der Waals surface area contributed by atoms with Crippen molar-refractivity contribution >= 4 is 5.97 Å². The van der Waals surface area contributed by atoms with Crippen molar-refractivity contribution in [1.82, 2.24) is 0 Å². The maximum atomic E-state index is 10.4. The molecule has 0 radical (unpaired) electrons. The Labute approximate surface area is 114 Å². The highest BCUT2D eigenvalue weighted by Crippen LogP contribution is 2.12. The number of hydrogen-bond acceptors (Lipinski definition) is 3. The maximum absolute atomic E-state index is 10.4. The molecule has 1 saturated heterocycles. The molecule has 0 atom stereocenters. The lowest BCUT2D eigenvalue weighted by Crippen LogP contribution is -3.10. The fraction of sp³-hybridized carbons (Fsp3) is 0.533. The summed E-state index contributed by atoms with van der Waals surface area (Å²) in [6, 6.07) is 7.70. The van der Waals surface area contributed by atoms with Crippen molar-refractivity contribution in [1.29, 1.82) is 0 Å². The van der Waals surface area contributed by atoms with Gasteiger partial charge in [-0.2, -0.15) is 0 Å². The van der Waals surface area contributed by atoms with Gasteiger partial charge in [0.05, 0.1) is 19.1 Å². The zero-order chi connectivity index (χ0) is 13.5. The molecule has 0 saturated carbocycles. The average Bonchev–Trinajstić information content (AvgIpc) is 2.65. The molecule has 19 heavy (non-hydrogen) atoms. The van der Waals surface area contributed by atoms with E-state index < -0.39 is 5.97 Å². The molecule has 1 aromatic carbocycles. The van der Waals surface area contributed by atoms with E-state index >= 15 is 0 Å². The highest BCUT2D eigenvalue weighted by molar-refractivity contribution is 5.66. The molecule has 1 N–H and O–H groups in total. The van der Waals surface area contributed by atoms with Crippen LogP contribution in [-0.2, 0) is 11.3 Å². The van der Waals surface area contributed by atoms with Gasteiger partial charge in [0.2, 0.25) is 0 Å². The van der Waals surface area contributed by atoms with Gasteiger partial charge in [0.15, 0.2) is 0 Å². The number of ether oxygens (including phenoxy) is 1. The number of hydrogen-bond donors (Lipinski definition) is 1. The van der Waals surface area contributed by atoms with Crippen molar-refractivity contribution in [2.24, 2.45) is 0 Å². The lowest BCUT2D eigenvalue weighted by molar-refractivity contribution is -0.913. The second-order valence-electron chi connectivity index (χ2n) is 5.15. The number of aliphatic carboxylic acids is 1. The van der Waals surface area contributed by atoms with Gasteiger partial charge in [-0.25, -0.2) is 0 Å². The van der Waals surface area contributed by atoms with Crippen LogP contribution in [0, 0.1) is 0 Å². The molecule has 1 aliphatic heterocycles. The van der Waals surface area contributed by atoms with Crippen LogP contribution in [0.4, 0.5) is 0 Å². The number of carbonyl (C=O) groups excluding carboxylic acids is 1. The van der Waals surface area contributed by atoms with Crippen LogP contribution in [0.3, 0.4) is 0 Å².